The van der Waals surface area contributed by atoms with Crippen LogP contribution in [0.4, 0.5) is 0 Å². The molecule has 0 bridgehead atoms. The van der Waals surface area contributed by atoms with E-state index in [1.54, 1.807) is 0 Å². The van der Waals surface area contributed by atoms with Gasteiger partial charge in [0.2, 0.25) is 0 Å². The molecule has 0 aliphatic heterocycles. The average molecular weight is 854 g/mol. The molecule has 0 fully saturated rings. The maximum absolute atomic E-state index is 12.7. The summed E-state index contributed by atoms with van der Waals surface area (Å²) in [6.07, 6.45) is 51.5. The lowest BCUT2D eigenvalue weighted by Gasteiger charge is -2.20. The molecule has 4 N–H and O–H groups in total. The normalized spacial score (nSPS) is 14.2. The van der Waals surface area contributed by atoms with Crippen LogP contribution in [-0.2, 0) is 32.7 Å². The van der Waals surface area contributed by atoms with Gasteiger partial charge in [0.15, 0.2) is 0 Å². The van der Waals surface area contributed by atoms with Crippen LogP contribution >= 0.6 is 7.82 Å². The number of carboxylic acid groups (broad SMARTS) is 1. The van der Waals surface area contributed by atoms with E-state index in [2.05, 4.69) is 62.5 Å². The van der Waals surface area contributed by atoms with Crippen LogP contribution in [0.1, 0.15) is 206 Å². The van der Waals surface area contributed by atoms with Crippen LogP contribution in [0.5, 0.6) is 0 Å². The number of carboxylic acids is 1. The first kappa shape index (κ1) is 56.9. The molecule has 0 saturated carbocycles. The SMILES string of the molecule is CCCCC/C=C\C/C=C\CCCCCCCCCCCC(=O)OC(COCCCCCCCCCC/C=C\C/C=C\CCCCC)COP(=O)(O)OCC(N)C(=O)O. The molecule has 3 unspecified atom stereocenters. The number of carbonyl (C=O) groups excluding carboxylic acids is 1. The lowest BCUT2D eigenvalue weighted by atomic mass is 10.1. The molecule has 10 nitrogen and oxygen atoms in total. The minimum atomic E-state index is -4.62. The first-order valence-electron chi connectivity index (χ1n) is 23.7. The van der Waals surface area contributed by atoms with Gasteiger partial charge in [-0.25, -0.2) is 4.57 Å². The second-order valence-electron chi connectivity index (χ2n) is 15.9. The molecule has 0 aromatic rings. The summed E-state index contributed by atoms with van der Waals surface area (Å²) in [5.41, 5.74) is 5.36. The number of ether oxygens (including phenoxy) is 2. The Hall–Kier alpha value is -2.07. The summed E-state index contributed by atoms with van der Waals surface area (Å²) in [5, 5.41) is 8.91. The van der Waals surface area contributed by atoms with Crippen LogP contribution in [0.2, 0.25) is 0 Å². The molecule has 344 valence electrons. The standard InChI is InChI=1S/C48H88NO9P/c1-3-5-7-9-11-13-15-17-19-21-23-24-26-28-30-32-34-36-38-40-47(50)58-45(43-56-59(53,54)57-44-46(49)48(51)52)42-55-41-39-37-35-33-31-29-27-25-22-20-18-16-14-12-10-8-6-4-2/h11-14,17-20,45-46H,3-10,15-16,21-44,49H2,1-2H3,(H,51,52)(H,53,54)/b13-11-,14-12-,19-17-,20-18-. The number of phosphoric acid groups is 1. The second-order valence-corrected chi connectivity index (χ2v) is 17.3. The Balaban J connectivity index is 4.21. The summed E-state index contributed by atoms with van der Waals surface area (Å²) in [7, 11) is -4.62. The lowest BCUT2D eigenvalue weighted by molar-refractivity contribution is -0.154. The maximum Gasteiger partial charge on any atom is 0.472 e. The molecule has 0 saturated heterocycles. The summed E-state index contributed by atoms with van der Waals surface area (Å²) in [6.45, 7) is 3.83. The third-order valence-electron chi connectivity index (χ3n) is 10.1. The van der Waals surface area contributed by atoms with Crippen LogP contribution in [0.25, 0.3) is 0 Å². The molecule has 0 aromatic carbocycles. The van der Waals surface area contributed by atoms with Gasteiger partial charge in [-0.1, -0.05) is 172 Å². The highest BCUT2D eigenvalue weighted by Gasteiger charge is 2.27. The minimum absolute atomic E-state index is 0.0108. The molecule has 0 aliphatic carbocycles. The predicted octanol–water partition coefficient (Wildman–Crippen LogP) is 13.4. The zero-order valence-electron chi connectivity index (χ0n) is 37.6. The predicted molar refractivity (Wildman–Crippen MR) is 244 cm³/mol. The van der Waals surface area contributed by atoms with Gasteiger partial charge >= 0.3 is 19.8 Å². The molecule has 11 heteroatoms. The molecule has 3 atom stereocenters. The highest BCUT2D eigenvalue weighted by atomic mass is 31.2. The van der Waals surface area contributed by atoms with Crippen LogP contribution in [0, 0.1) is 0 Å². The number of nitrogens with two attached hydrogens (primary N) is 1. The van der Waals surface area contributed by atoms with Crippen molar-refractivity contribution >= 4 is 19.8 Å². The molecular weight excluding hydrogens is 766 g/mol. The Morgan fingerprint density at radius 1 is 0.542 bits per heavy atom. The summed E-state index contributed by atoms with van der Waals surface area (Å²) in [5.74, 6) is -1.78. The monoisotopic (exact) mass is 854 g/mol. The molecule has 59 heavy (non-hydrogen) atoms. The van der Waals surface area contributed by atoms with Crippen molar-refractivity contribution in [1.82, 2.24) is 0 Å². The van der Waals surface area contributed by atoms with E-state index in [0.29, 0.717) is 13.0 Å². The van der Waals surface area contributed by atoms with Crippen molar-refractivity contribution in [3.05, 3.63) is 48.6 Å². The Bertz CT molecular complexity index is 1130. The van der Waals surface area contributed by atoms with Crippen molar-refractivity contribution in [2.45, 2.75) is 219 Å². The van der Waals surface area contributed by atoms with Crippen LogP contribution in [0.3, 0.4) is 0 Å². The van der Waals surface area contributed by atoms with E-state index >= 15 is 0 Å². The topological polar surface area (TPSA) is 155 Å². The molecule has 0 aromatic heterocycles. The zero-order chi connectivity index (χ0) is 43.3. The van der Waals surface area contributed by atoms with Gasteiger partial charge in [0.05, 0.1) is 19.8 Å². The number of carbonyl (C=O) groups is 2. The molecule has 0 aliphatic rings. The van der Waals surface area contributed by atoms with E-state index in [4.69, 9.17) is 29.4 Å². The van der Waals surface area contributed by atoms with Gasteiger partial charge < -0.3 is 25.2 Å². The van der Waals surface area contributed by atoms with Crippen molar-refractivity contribution in [3.8, 4) is 0 Å². The van der Waals surface area contributed by atoms with Gasteiger partial charge in [0.1, 0.15) is 12.1 Å². The van der Waals surface area contributed by atoms with Gasteiger partial charge in [-0.15, -0.1) is 0 Å². The first-order valence-corrected chi connectivity index (χ1v) is 25.2. The van der Waals surface area contributed by atoms with E-state index in [0.717, 1.165) is 64.2 Å². The van der Waals surface area contributed by atoms with Crippen molar-refractivity contribution < 1.29 is 42.7 Å². The van der Waals surface area contributed by atoms with Gasteiger partial charge in [0, 0.05) is 13.0 Å². The van der Waals surface area contributed by atoms with Crippen molar-refractivity contribution in [2.75, 3.05) is 26.4 Å². The van der Waals surface area contributed by atoms with Crippen LogP contribution < -0.4 is 5.73 Å². The highest BCUT2D eigenvalue weighted by Crippen LogP contribution is 2.43. The van der Waals surface area contributed by atoms with Gasteiger partial charge in [-0.05, 0) is 77.0 Å². The maximum atomic E-state index is 12.7. The second kappa shape index (κ2) is 44.0. The van der Waals surface area contributed by atoms with E-state index in [1.807, 2.05) is 0 Å². The van der Waals surface area contributed by atoms with Crippen LogP contribution in [-0.4, -0.2) is 60.5 Å². The van der Waals surface area contributed by atoms with E-state index < -0.39 is 45.1 Å². The first-order chi connectivity index (χ1) is 28.7. The Morgan fingerprint density at radius 3 is 1.37 bits per heavy atom. The third-order valence-corrected chi connectivity index (χ3v) is 11.0. The third kappa shape index (κ3) is 43.8. The molecule has 0 rings (SSSR count). The van der Waals surface area contributed by atoms with Crippen LogP contribution in [0.15, 0.2) is 48.6 Å². The quantitative estimate of drug-likeness (QED) is 0.0233. The van der Waals surface area contributed by atoms with Gasteiger partial charge in [-0.2, -0.15) is 0 Å². The number of aliphatic carboxylic acids is 1. The fourth-order valence-electron chi connectivity index (χ4n) is 6.37. The fraction of sp³-hybridized carbons (Fsp3) is 0.792. The number of unbranched alkanes of at least 4 members (excludes halogenated alkanes) is 23. The summed E-state index contributed by atoms with van der Waals surface area (Å²) in [6, 6.07) is -1.48. The van der Waals surface area contributed by atoms with Gasteiger partial charge in [0.25, 0.3) is 0 Å². The smallest absolute Gasteiger partial charge is 0.472 e. The van der Waals surface area contributed by atoms with E-state index in [9.17, 15) is 19.0 Å². The summed E-state index contributed by atoms with van der Waals surface area (Å²) >= 11 is 0. The number of hydrogen-bond donors (Lipinski definition) is 3. The molecular formula is C48H88NO9P. The lowest BCUT2D eigenvalue weighted by Crippen LogP contribution is -2.34. The number of phosphoric ester groups is 1. The number of allylic oxidation sites excluding steroid dienone is 8. The van der Waals surface area contributed by atoms with Crippen molar-refractivity contribution in [1.29, 1.82) is 0 Å². The molecule has 0 radical (unpaired) electrons. The molecule has 0 heterocycles. The van der Waals surface area contributed by atoms with Crippen molar-refractivity contribution in [3.63, 3.8) is 0 Å². The largest absolute Gasteiger partial charge is 0.480 e. The fourth-order valence-corrected chi connectivity index (χ4v) is 7.15. The van der Waals surface area contributed by atoms with E-state index in [-0.39, 0.29) is 13.0 Å². The van der Waals surface area contributed by atoms with Crippen molar-refractivity contribution in [2.24, 2.45) is 5.73 Å². The average Bonchev–Trinajstić information content (AvgIpc) is 3.21. The Labute approximate surface area is 360 Å². The molecule has 0 amide bonds. The highest BCUT2D eigenvalue weighted by molar-refractivity contribution is 7.47. The number of esters is 1. The summed E-state index contributed by atoms with van der Waals surface area (Å²) < 4.78 is 33.4. The Kier molecular flexibility index (Phi) is 42.5. The number of hydrogen-bond acceptors (Lipinski definition) is 8. The van der Waals surface area contributed by atoms with E-state index in [1.165, 1.54) is 116 Å². The zero-order valence-corrected chi connectivity index (χ0v) is 38.5. The summed E-state index contributed by atoms with van der Waals surface area (Å²) in [4.78, 5) is 33.6. The molecule has 0 spiro atoms. The number of rotatable bonds is 45. The van der Waals surface area contributed by atoms with Gasteiger partial charge in [-0.3, -0.25) is 18.6 Å². The Morgan fingerprint density at radius 2 is 0.932 bits per heavy atom. The minimum Gasteiger partial charge on any atom is -0.480 e.